The minimum atomic E-state index is -0.753. The average Bonchev–Trinajstić information content (AvgIpc) is 2.35. The van der Waals surface area contributed by atoms with E-state index in [1.54, 1.807) is 12.1 Å². The molecule has 5 heteroatoms. The molecule has 19 heavy (non-hydrogen) atoms. The molecule has 0 bridgehead atoms. The Kier molecular flexibility index (Phi) is 4.17. The lowest BCUT2D eigenvalue weighted by atomic mass is 10.0. The number of benzene rings is 2. The van der Waals surface area contributed by atoms with Crippen molar-refractivity contribution >= 4 is 29.0 Å². The Hall–Kier alpha value is -1.45. The Bertz CT molecular complexity index is 641. The van der Waals surface area contributed by atoms with Crippen LogP contribution >= 0.6 is 23.2 Å². The molecule has 0 saturated carbocycles. The van der Waals surface area contributed by atoms with Gasteiger partial charge < -0.3 is 0 Å². The highest BCUT2D eigenvalue weighted by Gasteiger charge is 2.15. The Labute approximate surface area is 118 Å². The maximum atomic E-state index is 13.4. The SMILES string of the molecule is O=C(Cc1ccc(Cl)cc1Cl)c1cc(F)ccc1F. The minimum Gasteiger partial charge on any atom is -0.294 e. The third kappa shape index (κ3) is 3.31. The highest BCUT2D eigenvalue weighted by atomic mass is 35.5. The van der Waals surface area contributed by atoms with Gasteiger partial charge in [-0.15, -0.1) is 0 Å². The Morgan fingerprint density at radius 1 is 1.05 bits per heavy atom. The number of hydrogen-bond acceptors (Lipinski definition) is 1. The first kappa shape index (κ1) is 14.0. The molecule has 0 spiro atoms. The van der Waals surface area contributed by atoms with Gasteiger partial charge in [-0.3, -0.25) is 4.79 Å². The zero-order valence-corrected chi connectivity index (χ0v) is 11.1. The van der Waals surface area contributed by atoms with E-state index in [0.29, 0.717) is 15.6 Å². The first-order chi connectivity index (χ1) is 8.97. The Morgan fingerprint density at radius 2 is 1.79 bits per heavy atom. The van der Waals surface area contributed by atoms with E-state index >= 15 is 0 Å². The van der Waals surface area contributed by atoms with Gasteiger partial charge in [-0.05, 0) is 35.9 Å². The summed E-state index contributed by atoms with van der Waals surface area (Å²) in [5.74, 6) is -1.95. The quantitative estimate of drug-likeness (QED) is 0.751. The first-order valence-corrected chi connectivity index (χ1v) is 6.15. The Morgan fingerprint density at radius 3 is 2.47 bits per heavy atom. The number of halogens is 4. The molecule has 0 aliphatic carbocycles. The van der Waals surface area contributed by atoms with Gasteiger partial charge in [-0.25, -0.2) is 8.78 Å². The summed E-state index contributed by atoms with van der Waals surface area (Å²) >= 11 is 11.7. The van der Waals surface area contributed by atoms with E-state index in [9.17, 15) is 13.6 Å². The Balaban J connectivity index is 2.28. The van der Waals surface area contributed by atoms with Crippen molar-refractivity contribution < 1.29 is 13.6 Å². The van der Waals surface area contributed by atoms with Gasteiger partial charge in [0, 0.05) is 16.5 Å². The van der Waals surface area contributed by atoms with Gasteiger partial charge in [0.15, 0.2) is 5.78 Å². The van der Waals surface area contributed by atoms with E-state index < -0.39 is 17.4 Å². The number of rotatable bonds is 3. The number of carbonyl (C=O) groups excluding carboxylic acids is 1. The maximum absolute atomic E-state index is 13.4. The van der Waals surface area contributed by atoms with Crippen LogP contribution in [0, 0.1) is 11.6 Å². The molecule has 0 unspecified atom stereocenters. The van der Waals surface area contributed by atoms with Crippen LogP contribution in [0.25, 0.3) is 0 Å². The van der Waals surface area contributed by atoms with Crippen molar-refractivity contribution in [3.8, 4) is 0 Å². The lowest BCUT2D eigenvalue weighted by Gasteiger charge is -2.05. The van der Waals surface area contributed by atoms with E-state index in [2.05, 4.69) is 0 Å². The summed E-state index contributed by atoms with van der Waals surface area (Å²) in [6, 6.07) is 7.42. The molecule has 2 aromatic carbocycles. The monoisotopic (exact) mass is 300 g/mol. The fourth-order valence-corrected chi connectivity index (χ4v) is 2.12. The van der Waals surface area contributed by atoms with Crippen molar-refractivity contribution in [2.45, 2.75) is 6.42 Å². The highest BCUT2D eigenvalue weighted by Crippen LogP contribution is 2.23. The standard InChI is InChI=1S/C14H8Cl2F2O/c15-9-2-1-8(12(16)6-9)5-14(19)11-7-10(17)3-4-13(11)18/h1-4,6-7H,5H2. The van der Waals surface area contributed by atoms with Crippen LogP contribution in [-0.2, 0) is 6.42 Å². The van der Waals surface area contributed by atoms with Gasteiger partial charge in [-0.1, -0.05) is 29.3 Å². The lowest BCUT2D eigenvalue weighted by molar-refractivity contribution is 0.0988. The van der Waals surface area contributed by atoms with Crippen molar-refractivity contribution in [3.63, 3.8) is 0 Å². The summed E-state index contributed by atoms with van der Waals surface area (Å²) < 4.78 is 26.5. The number of hydrogen-bond donors (Lipinski definition) is 0. The minimum absolute atomic E-state index is 0.115. The first-order valence-electron chi connectivity index (χ1n) is 5.39. The zero-order valence-electron chi connectivity index (χ0n) is 9.59. The summed E-state index contributed by atoms with van der Waals surface area (Å²) in [6.45, 7) is 0. The average molecular weight is 301 g/mol. The van der Waals surface area contributed by atoms with Crippen molar-refractivity contribution in [1.29, 1.82) is 0 Å². The third-order valence-corrected chi connectivity index (χ3v) is 3.18. The van der Waals surface area contributed by atoms with Crippen LogP contribution in [0.1, 0.15) is 15.9 Å². The molecule has 0 fully saturated rings. The second-order valence-corrected chi connectivity index (χ2v) is 4.80. The topological polar surface area (TPSA) is 17.1 Å². The largest absolute Gasteiger partial charge is 0.294 e. The van der Waals surface area contributed by atoms with Crippen molar-refractivity contribution in [2.24, 2.45) is 0 Å². The number of ketones is 1. The fourth-order valence-electron chi connectivity index (χ4n) is 1.64. The van der Waals surface area contributed by atoms with E-state index in [4.69, 9.17) is 23.2 Å². The molecule has 2 aromatic rings. The summed E-state index contributed by atoms with van der Waals surface area (Å²) in [5.41, 5.74) is 0.228. The molecule has 0 amide bonds. The van der Waals surface area contributed by atoms with Gasteiger partial charge in [0.05, 0.1) is 5.56 Å². The van der Waals surface area contributed by atoms with Gasteiger partial charge in [0.2, 0.25) is 0 Å². The molecule has 2 rings (SSSR count). The normalized spacial score (nSPS) is 10.5. The number of Topliss-reactive ketones (excluding diaryl/α,β-unsaturated/α-hetero) is 1. The molecule has 0 heterocycles. The van der Waals surface area contributed by atoms with Crippen molar-refractivity contribution in [2.75, 3.05) is 0 Å². The molecule has 98 valence electrons. The second kappa shape index (κ2) is 5.68. The van der Waals surface area contributed by atoms with Gasteiger partial charge >= 0.3 is 0 Å². The highest BCUT2D eigenvalue weighted by molar-refractivity contribution is 6.35. The molecule has 0 aliphatic rings. The van der Waals surface area contributed by atoms with E-state index in [1.807, 2.05) is 0 Å². The van der Waals surface area contributed by atoms with E-state index in [1.165, 1.54) is 6.07 Å². The molecule has 0 atom stereocenters. The smallest absolute Gasteiger partial charge is 0.170 e. The van der Waals surface area contributed by atoms with Crippen LogP contribution in [-0.4, -0.2) is 5.78 Å². The third-order valence-electron chi connectivity index (χ3n) is 2.59. The van der Waals surface area contributed by atoms with Crippen LogP contribution < -0.4 is 0 Å². The molecule has 0 aromatic heterocycles. The second-order valence-electron chi connectivity index (χ2n) is 3.96. The molecule has 0 radical (unpaired) electrons. The molecular weight excluding hydrogens is 293 g/mol. The molecule has 1 nitrogen and oxygen atoms in total. The molecule has 0 N–H and O–H groups in total. The number of carbonyl (C=O) groups is 1. The predicted octanol–water partition coefficient (Wildman–Crippen LogP) is 4.70. The summed E-state index contributed by atoms with van der Waals surface area (Å²) in [4.78, 5) is 11.9. The zero-order chi connectivity index (χ0) is 14.0. The van der Waals surface area contributed by atoms with Crippen LogP contribution in [0.4, 0.5) is 8.78 Å². The van der Waals surface area contributed by atoms with Crippen molar-refractivity contribution in [1.82, 2.24) is 0 Å². The van der Waals surface area contributed by atoms with Crippen molar-refractivity contribution in [3.05, 3.63) is 69.2 Å². The predicted molar refractivity (Wildman–Crippen MR) is 70.9 cm³/mol. The maximum Gasteiger partial charge on any atom is 0.170 e. The van der Waals surface area contributed by atoms with Crippen LogP contribution in [0.15, 0.2) is 36.4 Å². The summed E-state index contributed by atoms with van der Waals surface area (Å²) in [5, 5.41) is 0.760. The van der Waals surface area contributed by atoms with Gasteiger partial charge in [0.25, 0.3) is 0 Å². The fraction of sp³-hybridized carbons (Fsp3) is 0.0714. The summed E-state index contributed by atoms with van der Waals surface area (Å²) in [7, 11) is 0. The lowest BCUT2D eigenvalue weighted by Crippen LogP contribution is -2.07. The van der Waals surface area contributed by atoms with E-state index in [0.717, 1.165) is 18.2 Å². The molecular formula is C14H8Cl2F2O. The van der Waals surface area contributed by atoms with Gasteiger partial charge in [-0.2, -0.15) is 0 Å². The van der Waals surface area contributed by atoms with E-state index in [-0.39, 0.29) is 12.0 Å². The van der Waals surface area contributed by atoms with Crippen LogP contribution in [0.3, 0.4) is 0 Å². The van der Waals surface area contributed by atoms with Crippen LogP contribution in [0.2, 0.25) is 10.0 Å². The summed E-state index contributed by atoms with van der Waals surface area (Å²) in [6.07, 6.45) is -0.115. The molecule has 0 aliphatic heterocycles. The van der Waals surface area contributed by atoms with Gasteiger partial charge in [0.1, 0.15) is 11.6 Å². The van der Waals surface area contributed by atoms with Crippen LogP contribution in [0.5, 0.6) is 0 Å². The molecule has 0 saturated heterocycles.